The van der Waals surface area contributed by atoms with E-state index in [1.165, 1.54) is 0 Å². The Bertz CT molecular complexity index is 469. The van der Waals surface area contributed by atoms with Gasteiger partial charge >= 0.3 is 0 Å². The van der Waals surface area contributed by atoms with Gasteiger partial charge in [-0.3, -0.25) is 0 Å². The van der Waals surface area contributed by atoms with E-state index in [4.69, 9.17) is 5.11 Å². The molecule has 0 heterocycles. The van der Waals surface area contributed by atoms with E-state index < -0.39 is 10.0 Å². The molecule has 0 aliphatic heterocycles. The Kier molecular flexibility index (Phi) is 6.44. The van der Waals surface area contributed by atoms with Crippen molar-refractivity contribution in [2.75, 3.05) is 33.8 Å². The molecule has 0 bridgehead atoms. The van der Waals surface area contributed by atoms with Gasteiger partial charge < -0.3 is 10.0 Å². The van der Waals surface area contributed by atoms with Crippen molar-refractivity contribution < 1.29 is 13.5 Å². The number of aliphatic hydroxyl groups excluding tert-OH is 1. The van der Waals surface area contributed by atoms with Gasteiger partial charge in [0.05, 0.1) is 4.90 Å². The van der Waals surface area contributed by atoms with Crippen LogP contribution >= 0.6 is 0 Å². The van der Waals surface area contributed by atoms with Crippen LogP contribution in [0.4, 0.5) is 0 Å². The monoisotopic (exact) mass is 286 g/mol. The van der Waals surface area contributed by atoms with Gasteiger partial charge in [0, 0.05) is 13.2 Å². The summed E-state index contributed by atoms with van der Waals surface area (Å²) in [6.07, 6.45) is 1.31. The van der Waals surface area contributed by atoms with Crippen molar-refractivity contribution in [3.63, 3.8) is 0 Å². The zero-order chi connectivity index (χ0) is 14.3. The molecule has 0 fully saturated rings. The van der Waals surface area contributed by atoms with Crippen molar-refractivity contribution in [2.45, 2.75) is 17.7 Å². The molecule has 0 aliphatic rings. The van der Waals surface area contributed by atoms with E-state index >= 15 is 0 Å². The number of nitrogens with zero attached hydrogens (tertiary/aromatic N) is 1. The lowest BCUT2D eigenvalue weighted by atomic mass is 10.2. The van der Waals surface area contributed by atoms with Crippen LogP contribution in [0.1, 0.15) is 12.0 Å². The predicted octanol–water partition coefficient (Wildman–Crippen LogP) is 0.451. The molecule has 2 N–H and O–H groups in total. The molecule has 0 aromatic heterocycles. The standard InChI is InChI=1S/C13H22N2O3S/c1-15(2)10-3-9-14-19(17,18)13-6-4-12(5-7-13)8-11-16/h4-7,14,16H,3,8-11H2,1-2H3. The first-order valence-electron chi connectivity index (χ1n) is 6.30. The highest BCUT2D eigenvalue weighted by atomic mass is 32.2. The molecule has 0 saturated carbocycles. The largest absolute Gasteiger partial charge is 0.396 e. The number of rotatable bonds is 8. The molecule has 6 heteroatoms. The van der Waals surface area contributed by atoms with Crippen LogP contribution in [0.15, 0.2) is 29.2 Å². The van der Waals surface area contributed by atoms with E-state index in [1.54, 1.807) is 24.3 Å². The van der Waals surface area contributed by atoms with Crippen molar-refractivity contribution in [2.24, 2.45) is 0 Å². The Morgan fingerprint density at radius 1 is 1.21 bits per heavy atom. The van der Waals surface area contributed by atoms with E-state index in [9.17, 15) is 8.42 Å². The first-order valence-corrected chi connectivity index (χ1v) is 7.78. The number of aliphatic hydroxyl groups is 1. The van der Waals surface area contributed by atoms with E-state index in [0.29, 0.717) is 13.0 Å². The summed E-state index contributed by atoms with van der Waals surface area (Å²) in [6, 6.07) is 6.59. The molecule has 0 unspecified atom stereocenters. The summed E-state index contributed by atoms with van der Waals surface area (Å²) >= 11 is 0. The number of hydrogen-bond acceptors (Lipinski definition) is 4. The molecule has 0 atom stereocenters. The normalized spacial score (nSPS) is 12.0. The topological polar surface area (TPSA) is 69.6 Å². The van der Waals surface area contributed by atoms with Gasteiger partial charge in [0.25, 0.3) is 0 Å². The highest BCUT2D eigenvalue weighted by Crippen LogP contribution is 2.10. The van der Waals surface area contributed by atoms with Gasteiger partial charge in [-0.25, -0.2) is 13.1 Å². The maximum atomic E-state index is 12.0. The van der Waals surface area contributed by atoms with Crippen LogP contribution in [-0.2, 0) is 16.4 Å². The first kappa shape index (κ1) is 16.1. The van der Waals surface area contributed by atoms with Crippen LogP contribution in [0.5, 0.6) is 0 Å². The van der Waals surface area contributed by atoms with Gasteiger partial charge in [-0.2, -0.15) is 0 Å². The van der Waals surface area contributed by atoms with Crippen molar-refractivity contribution in [1.82, 2.24) is 9.62 Å². The minimum Gasteiger partial charge on any atom is -0.396 e. The van der Waals surface area contributed by atoms with Gasteiger partial charge in [-0.05, 0) is 51.2 Å². The summed E-state index contributed by atoms with van der Waals surface area (Å²) in [6.45, 7) is 1.34. The van der Waals surface area contributed by atoms with Crippen molar-refractivity contribution in [1.29, 1.82) is 0 Å². The minimum absolute atomic E-state index is 0.0644. The quantitative estimate of drug-likeness (QED) is 0.681. The van der Waals surface area contributed by atoms with E-state index in [2.05, 4.69) is 4.72 Å². The number of sulfonamides is 1. The number of hydrogen-bond donors (Lipinski definition) is 2. The zero-order valence-corrected chi connectivity index (χ0v) is 12.3. The van der Waals surface area contributed by atoms with Crippen molar-refractivity contribution in [3.8, 4) is 0 Å². The Labute approximate surface area is 115 Å². The van der Waals surface area contributed by atoms with Crippen LogP contribution < -0.4 is 4.72 Å². The second-order valence-corrected chi connectivity index (χ2v) is 6.44. The summed E-state index contributed by atoms with van der Waals surface area (Å²) in [5.41, 5.74) is 0.925. The lowest BCUT2D eigenvalue weighted by Crippen LogP contribution is -2.27. The lowest BCUT2D eigenvalue weighted by molar-refractivity contribution is 0.299. The van der Waals surface area contributed by atoms with E-state index in [1.807, 2.05) is 19.0 Å². The molecule has 0 spiro atoms. The average Bonchev–Trinajstić information content (AvgIpc) is 2.36. The summed E-state index contributed by atoms with van der Waals surface area (Å²) in [4.78, 5) is 2.27. The fourth-order valence-electron chi connectivity index (χ4n) is 1.65. The molecule has 1 rings (SSSR count). The summed E-state index contributed by atoms with van der Waals surface area (Å²) in [5, 5.41) is 8.80. The molecule has 0 radical (unpaired) electrons. The van der Waals surface area contributed by atoms with Crippen molar-refractivity contribution in [3.05, 3.63) is 29.8 Å². The fourth-order valence-corrected chi connectivity index (χ4v) is 2.72. The van der Waals surface area contributed by atoms with Gasteiger partial charge in [0.1, 0.15) is 0 Å². The first-order chi connectivity index (χ1) is 8.95. The third-order valence-electron chi connectivity index (χ3n) is 2.71. The van der Waals surface area contributed by atoms with Crippen LogP contribution in [0, 0.1) is 0 Å². The Balaban J connectivity index is 2.56. The maximum Gasteiger partial charge on any atom is 0.240 e. The fraction of sp³-hybridized carbons (Fsp3) is 0.538. The zero-order valence-electron chi connectivity index (χ0n) is 11.5. The van der Waals surface area contributed by atoms with Crippen LogP contribution in [0.3, 0.4) is 0 Å². The van der Waals surface area contributed by atoms with Crippen LogP contribution in [0.2, 0.25) is 0 Å². The SMILES string of the molecule is CN(C)CCCNS(=O)(=O)c1ccc(CCO)cc1. The van der Waals surface area contributed by atoms with Crippen LogP contribution in [-0.4, -0.2) is 52.2 Å². The minimum atomic E-state index is -3.42. The second kappa shape index (κ2) is 7.59. The molecule has 1 aromatic carbocycles. The van der Waals surface area contributed by atoms with E-state index in [0.717, 1.165) is 18.5 Å². The van der Waals surface area contributed by atoms with Gasteiger partial charge in [0.2, 0.25) is 10.0 Å². The molecular weight excluding hydrogens is 264 g/mol. The Hall–Kier alpha value is -0.950. The summed E-state index contributed by atoms with van der Waals surface area (Å²) in [5.74, 6) is 0. The van der Waals surface area contributed by atoms with Gasteiger partial charge in [0.15, 0.2) is 0 Å². The second-order valence-electron chi connectivity index (χ2n) is 4.67. The summed E-state index contributed by atoms with van der Waals surface area (Å²) < 4.78 is 26.5. The molecule has 0 amide bonds. The summed E-state index contributed by atoms with van der Waals surface area (Å²) in [7, 11) is 0.485. The molecule has 108 valence electrons. The van der Waals surface area contributed by atoms with Gasteiger partial charge in [-0.15, -0.1) is 0 Å². The van der Waals surface area contributed by atoms with Crippen molar-refractivity contribution >= 4 is 10.0 Å². The maximum absolute atomic E-state index is 12.0. The van der Waals surface area contributed by atoms with E-state index in [-0.39, 0.29) is 11.5 Å². The predicted molar refractivity (Wildman–Crippen MR) is 75.6 cm³/mol. The number of benzene rings is 1. The highest BCUT2D eigenvalue weighted by Gasteiger charge is 2.12. The lowest BCUT2D eigenvalue weighted by Gasteiger charge is -2.10. The molecular formula is C13H22N2O3S. The molecule has 19 heavy (non-hydrogen) atoms. The third kappa shape index (κ3) is 5.69. The molecule has 0 saturated heterocycles. The van der Waals surface area contributed by atoms with Crippen LogP contribution in [0.25, 0.3) is 0 Å². The Morgan fingerprint density at radius 3 is 2.37 bits per heavy atom. The Morgan fingerprint density at radius 2 is 1.84 bits per heavy atom. The highest BCUT2D eigenvalue weighted by molar-refractivity contribution is 7.89. The smallest absolute Gasteiger partial charge is 0.240 e. The molecule has 1 aromatic rings. The molecule has 0 aliphatic carbocycles. The number of nitrogens with one attached hydrogen (secondary N) is 1. The molecule has 5 nitrogen and oxygen atoms in total. The average molecular weight is 286 g/mol. The third-order valence-corrected chi connectivity index (χ3v) is 4.19. The van der Waals surface area contributed by atoms with Gasteiger partial charge in [-0.1, -0.05) is 12.1 Å².